The largest absolute Gasteiger partial charge is 0.339 e. The van der Waals surface area contributed by atoms with Gasteiger partial charge in [-0.3, -0.25) is 4.79 Å². The van der Waals surface area contributed by atoms with Gasteiger partial charge in [-0.05, 0) is 24.4 Å². The lowest BCUT2D eigenvalue weighted by Crippen LogP contribution is -2.56. The minimum atomic E-state index is -1.78. The van der Waals surface area contributed by atoms with E-state index in [4.69, 9.17) is 58.6 Å². The van der Waals surface area contributed by atoms with Gasteiger partial charge in [0.25, 0.3) is 0 Å². The van der Waals surface area contributed by atoms with Gasteiger partial charge in [-0.15, -0.1) is 0 Å². The topological polar surface area (TPSA) is 53.2 Å². The minimum Gasteiger partial charge on any atom is -0.339 e. The summed E-state index contributed by atoms with van der Waals surface area (Å²) in [5.41, 5.74) is 0.597. The first kappa shape index (κ1) is 19.6. The lowest BCUT2D eigenvalue weighted by molar-refractivity contribution is -0.124. The van der Waals surface area contributed by atoms with Crippen LogP contribution in [0.5, 0.6) is 0 Å². The van der Waals surface area contributed by atoms with Crippen LogP contribution in [0.25, 0.3) is 0 Å². The second kappa shape index (κ2) is 8.41. The van der Waals surface area contributed by atoms with Gasteiger partial charge in [-0.2, -0.15) is 0 Å². The normalized spacial score (nSPS) is 12.7. The van der Waals surface area contributed by atoms with Crippen LogP contribution in [-0.2, 0) is 4.79 Å². The molecule has 0 spiro atoms. The van der Waals surface area contributed by atoms with E-state index in [1.807, 2.05) is 0 Å². The maximum Gasteiger partial charge on any atom is 0.228 e. The Morgan fingerprint density at radius 2 is 1.77 bits per heavy atom. The van der Waals surface area contributed by atoms with Crippen LogP contribution in [0.2, 0.25) is 5.02 Å². The number of hydrogen-bond acceptors (Lipinski definition) is 2. The van der Waals surface area contributed by atoms with Crippen molar-refractivity contribution in [3.05, 3.63) is 29.3 Å². The standard InChI is InChI=1S/C13H15Cl4N3OS/c1-7(2)10(21)19-11(13(15,16)17)20-12(22)18-9-6-4-3-5-8(9)14/h3-7,11H,1-2H3,(H,19,21)(H2,18,20,22). The fourth-order valence-corrected chi connectivity index (χ4v) is 2.10. The molecule has 1 aromatic carbocycles. The molecule has 122 valence electrons. The first-order chi connectivity index (χ1) is 10.1. The monoisotopic (exact) mass is 401 g/mol. The highest BCUT2D eigenvalue weighted by Gasteiger charge is 2.35. The van der Waals surface area contributed by atoms with Crippen LogP contribution in [0.15, 0.2) is 24.3 Å². The van der Waals surface area contributed by atoms with Crippen molar-refractivity contribution < 1.29 is 4.79 Å². The Bertz CT molecular complexity index is 548. The third-order valence-corrected chi connectivity index (χ3v) is 3.74. The zero-order valence-electron chi connectivity index (χ0n) is 11.8. The van der Waals surface area contributed by atoms with Crippen LogP contribution in [0.3, 0.4) is 0 Å². The Morgan fingerprint density at radius 1 is 1.18 bits per heavy atom. The van der Waals surface area contributed by atoms with Gasteiger partial charge in [0.15, 0.2) is 5.11 Å². The molecule has 0 aliphatic rings. The van der Waals surface area contributed by atoms with Gasteiger partial charge in [0, 0.05) is 5.92 Å². The van der Waals surface area contributed by atoms with Crippen LogP contribution >= 0.6 is 58.6 Å². The number of anilines is 1. The van der Waals surface area contributed by atoms with Gasteiger partial charge in [0.1, 0.15) is 6.17 Å². The highest BCUT2D eigenvalue weighted by molar-refractivity contribution is 7.80. The molecule has 0 radical (unpaired) electrons. The summed E-state index contributed by atoms with van der Waals surface area (Å²) in [5.74, 6) is -0.536. The SMILES string of the molecule is CC(C)C(=O)NC(NC(=S)Nc1ccccc1Cl)C(Cl)(Cl)Cl. The molecule has 0 aliphatic heterocycles. The lowest BCUT2D eigenvalue weighted by Gasteiger charge is -2.28. The zero-order valence-corrected chi connectivity index (χ0v) is 15.6. The van der Waals surface area contributed by atoms with Crippen LogP contribution < -0.4 is 16.0 Å². The number of benzene rings is 1. The Balaban J connectivity index is 2.75. The van der Waals surface area contributed by atoms with Crippen molar-refractivity contribution in [1.82, 2.24) is 10.6 Å². The van der Waals surface area contributed by atoms with E-state index in [2.05, 4.69) is 16.0 Å². The molecule has 9 heteroatoms. The first-order valence-corrected chi connectivity index (χ1v) is 8.22. The number of para-hydroxylation sites is 1. The maximum absolute atomic E-state index is 11.8. The highest BCUT2D eigenvalue weighted by Crippen LogP contribution is 2.29. The second-order valence-electron chi connectivity index (χ2n) is 4.72. The van der Waals surface area contributed by atoms with E-state index >= 15 is 0 Å². The molecule has 1 atom stereocenters. The molecule has 1 rings (SSSR count). The molecule has 1 aromatic rings. The summed E-state index contributed by atoms with van der Waals surface area (Å²) >= 11 is 28.8. The number of thiocarbonyl (C=S) groups is 1. The lowest BCUT2D eigenvalue weighted by atomic mass is 10.2. The summed E-state index contributed by atoms with van der Waals surface area (Å²) in [7, 11) is 0. The van der Waals surface area contributed by atoms with Crippen molar-refractivity contribution in [3.8, 4) is 0 Å². The molecule has 0 saturated heterocycles. The summed E-state index contributed by atoms with van der Waals surface area (Å²) in [5, 5.41) is 8.86. The number of nitrogens with one attached hydrogen (secondary N) is 3. The smallest absolute Gasteiger partial charge is 0.228 e. The van der Waals surface area contributed by atoms with Crippen molar-refractivity contribution in [1.29, 1.82) is 0 Å². The van der Waals surface area contributed by atoms with Gasteiger partial charge in [0.2, 0.25) is 9.70 Å². The third-order valence-electron chi connectivity index (χ3n) is 2.54. The second-order valence-corrected chi connectivity index (χ2v) is 7.90. The number of rotatable bonds is 4. The number of hydrogen-bond donors (Lipinski definition) is 3. The molecule has 4 nitrogen and oxygen atoms in total. The molecule has 0 saturated carbocycles. The highest BCUT2D eigenvalue weighted by atomic mass is 35.6. The molecule has 0 aliphatic carbocycles. The molecule has 0 fully saturated rings. The summed E-state index contributed by atoms with van der Waals surface area (Å²) < 4.78 is -1.78. The minimum absolute atomic E-state index is 0.161. The fraction of sp³-hybridized carbons (Fsp3) is 0.385. The van der Waals surface area contributed by atoms with Crippen molar-refractivity contribution in [2.24, 2.45) is 5.92 Å². The number of carbonyl (C=O) groups excluding carboxylic acids is 1. The average Bonchev–Trinajstić information content (AvgIpc) is 2.39. The van der Waals surface area contributed by atoms with E-state index in [1.54, 1.807) is 38.1 Å². The number of carbonyl (C=O) groups is 1. The van der Waals surface area contributed by atoms with E-state index in [0.717, 1.165) is 0 Å². The first-order valence-electron chi connectivity index (χ1n) is 6.30. The zero-order chi connectivity index (χ0) is 16.9. The molecular formula is C13H15Cl4N3OS. The molecule has 0 aromatic heterocycles. The Hall–Kier alpha value is -0.460. The third kappa shape index (κ3) is 6.34. The quantitative estimate of drug-likeness (QED) is 0.403. The molecule has 1 unspecified atom stereocenters. The van der Waals surface area contributed by atoms with Crippen molar-refractivity contribution in [3.63, 3.8) is 0 Å². The summed E-state index contributed by atoms with van der Waals surface area (Å²) in [6.45, 7) is 3.45. The van der Waals surface area contributed by atoms with Crippen LogP contribution in [-0.4, -0.2) is 21.0 Å². The Kier molecular flexibility index (Phi) is 7.49. The van der Waals surface area contributed by atoms with E-state index in [9.17, 15) is 4.79 Å². The maximum atomic E-state index is 11.8. The molecular weight excluding hydrogens is 388 g/mol. The predicted octanol–water partition coefficient (Wildman–Crippen LogP) is 4.09. The Morgan fingerprint density at radius 3 is 2.27 bits per heavy atom. The average molecular weight is 403 g/mol. The van der Waals surface area contributed by atoms with Crippen LogP contribution in [0, 0.1) is 5.92 Å². The molecule has 22 heavy (non-hydrogen) atoms. The van der Waals surface area contributed by atoms with Gasteiger partial charge in [-0.25, -0.2) is 0 Å². The van der Waals surface area contributed by atoms with Crippen molar-refractivity contribution in [2.75, 3.05) is 5.32 Å². The fourth-order valence-electron chi connectivity index (χ4n) is 1.36. The number of halogens is 4. The summed E-state index contributed by atoms with van der Waals surface area (Å²) in [6.07, 6.45) is -0.991. The van der Waals surface area contributed by atoms with Gasteiger partial charge >= 0.3 is 0 Å². The van der Waals surface area contributed by atoms with Crippen molar-refractivity contribution in [2.45, 2.75) is 23.8 Å². The van der Waals surface area contributed by atoms with E-state index in [0.29, 0.717) is 10.7 Å². The molecule has 0 bridgehead atoms. The number of amides is 1. The molecule has 0 heterocycles. The van der Waals surface area contributed by atoms with Crippen molar-refractivity contribution >= 4 is 75.3 Å². The molecule has 3 N–H and O–H groups in total. The van der Waals surface area contributed by atoms with Gasteiger partial charge < -0.3 is 16.0 Å². The van der Waals surface area contributed by atoms with Gasteiger partial charge in [-0.1, -0.05) is 72.4 Å². The summed E-state index contributed by atoms with van der Waals surface area (Å²) in [6, 6.07) is 7.04. The summed E-state index contributed by atoms with van der Waals surface area (Å²) in [4.78, 5) is 11.8. The Labute approximate surface area is 154 Å². The predicted molar refractivity (Wildman–Crippen MR) is 97.9 cm³/mol. The van der Waals surface area contributed by atoms with Gasteiger partial charge in [0.05, 0.1) is 10.7 Å². The van der Waals surface area contributed by atoms with Crippen LogP contribution in [0.4, 0.5) is 5.69 Å². The van der Waals surface area contributed by atoms with E-state index < -0.39 is 9.96 Å². The van der Waals surface area contributed by atoms with Crippen LogP contribution in [0.1, 0.15) is 13.8 Å². The molecule has 1 amide bonds. The van der Waals surface area contributed by atoms with E-state index in [1.165, 1.54) is 0 Å². The number of alkyl halides is 3. The van der Waals surface area contributed by atoms with E-state index in [-0.39, 0.29) is 16.9 Å².